The first-order valence-corrected chi connectivity index (χ1v) is 12.7. The largest absolute Gasteiger partial charge is 0.494 e. The van der Waals surface area contributed by atoms with Gasteiger partial charge < -0.3 is 28.8 Å². The summed E-state index contributed by atoms with van der Waals surface area (Å²) in [5.74, 6) is 1.07. The molecule has 0 spiro atoms. The van der Waals surface area contributed by atoms with Gasteiger partial charge in [-0.05, 0) is 46.1 Å². The van der Waals surface area contributed by atoms with Crippen molar-refractivity contribution in [3.63, 3.8) is 0 Å². The van der Waals surface area contributed by atoms with Crippen LogP contribution in [-0.4, -0.2) is 69.8 Å². The molecule has 4 bridgehead atoms. The van der Waals surface area contributed by atoms with Crippen molar-refractivity contribution < 1.29 is 19.0 Å². The summed E-state index contributed by atoms with van der Waals surface area (Å²) >= 11 is 0. The van der Waals surface area contributed by atoms with E-state index in [2.05, 4.69) is 15.3 Å². The van der Waals surface area contributed by atoms with Gasteiger partial charge in [0, 0.05) is 37.3 Å². The Morgan fingerprint density at radius 3 is 2.86 bits per heavy atom. The SMILES string of the molecule is CCOCC1CCCCCOc2nc(cn3ccnc23)-c2cc(ncc2OC)[C@@H](C)N(CC)C(=O)N1. The third-order valence-electron chi connectivity index (χ3n) is 6.51. The average molecular weight is 497 g/mol. The van der Waals surface area contributed by atoms with E-state index in [1.165, 1.54) is 0 Å². The molecular weight excluding hydrogens is 460 g/mol. The molecule has 1 unspecified atom stereocenters. The van der Waals surface area contributed by atoms with Crippen molar-refractivity contribution >= 4 is 11.7 Å². The minimum absolute atomic E-state index is 0.0593. The van der Waals surface area contributed by atoms with Crippen LogP contribution in [0, 0.1) is 0 Å². The van der Waals surface area contributed by atoms with Crippen LogP contribution in [0.5, 0.6) is 11.6 Å². The Hall–Kier alpha value is -3.40. The Bertz CT molecular complexity index is 1170. The first kappa shape index (κ1) is 25.7. The lowest BCUT2D eigenvalue weighted by atomic mass is 10.1. The molecule has 4 heterocycles. The summed E-state index contributed by atoms with van der Waals surface area (Å²) < 4.78 is 19.3. The van der Waals surface area contributed by atoms with Gasteiger partial charge >= 0.3 is 6.03 Å². The van der Waals surface area contributed by atoms with Crippen LogP contribution in [0.3, 0.4) is 0 Å². The number of methoxy groups -OCH3 is 1. The number of nitrogens with one attached hydrogen (secondary N) is 1. The predicted molar refractivity (Wildman–Crippen MR) is 136 cm³/mol. The van der Waals surface area contributed by atoms with E-state index in [0.717, 1.165) is 36.9 Å². The molecule has 0 saturated heterocycles. The van der Waals surface area contributed by atoms with Gasteiger partial charge in [0.1, 0.15) is 5.75 Å². The summed E-state index contributed by atoms with van der Waals surface area (Å²) in [7, 11) is 1.61. The third-order valence-corrected chi connectivity index (χ3v) is 6.51. The highest BCUT2D eigenvalue weighted by atomic mass is 16.5. The minimum atomic E-state index is -0.268. The van der Waals surface area contributed by atoms with Gasteiger partial charge in [-0.25, -0.2) is 14.8 Å². The average Bonchev–Trinajstić information content (AvgIpc) is 3.37. The second-order valence-corrected chi connectivity index (χ2v) is 8.86. The van der Waals surface area contributed by atoms with Gasteiger partial charge in [0.2, 0.25) is 5.65 Å². The molecule has 3 aromatic heterocycles. The van der Waals surface area contributed by atoms with Crippen LogP contribution in [0.2, 0.25) is 0 Å². The Kier molecular flexibility index (Phi) is 8.58. The fourth-order valence-electron chi connectivity index (χ4n) is 4.49. The summed E-state index contributed by atoms with van der Waals surface area (Å²) in [6.07, 6.45) is 10.8. The van der Waals surface area contributed by atoms with E-state index < -0.39 is 0 Å². The van der Waals surface area contributed by atoms with E-state index in [0.29, 0.717) is 49.3 Å². The number of urea groups is 1. The van der Waals surface area contributed by atoms with E-state index in [9.17, 15) is 4.79 Å². The molecule has 194 valence electrons. The van der Waals surface area contributed by atoms with Crippen LogP contribution in [0.15, 0.2) is 30.9 Å². The summed E-state index contributed by atoms with van der Waals surface area (Å²) in [5, 5.41) is 3.19. The smallest absolute Gasteiger partial charge is 0.318 e. The van der Waals surface area contributed by atoms with Crippen molar-refractivity contribution in [3.05, 3.63) is 36.5 Å². The van der Waals surface area contributed by atoms with Crippen molar-refractivity contribution in [2.75, 3.05) is 33.5 Å². The number of rotatable bonds is 5. The molecule has 0 fully saturated rings. The molecule has 1 aliphatic heterocycles. The van der Waals surface area contributed by atoms with E-state index in [1.807, 2.05) is 43.6 Å². The number of fused-ring (bicyclic) bond motifs is 7. The summed E-state index contributed by atoms with van der Waals surface area (Å²) in [6.45, 7) is 8.08. The first-order chi connectivity index (χ1) is 17.5. The van der Waals surface area contributed by atoms with Gasteiger partial charge in [-0.2, -0.15) is 0 Å². The molecule has 0 saturated carbocycles. The molecule has 2 amide bonds. The molecule has 36 heavy (non-hydrogen) atoms. The van der Waals surface area contributed by atoms with Crippen LogP contribution in [0.25, 0.3) is 16.9 Å². The molecule has 0 aromatic carbocycles. The molecular formula is C26H36N6O4. The fourth-order valence-corrected chi connectivity index (χ4v) is 4.49. The van der Waals surface area contributed by atoms with Crippen LogP contribution < -0.4 is 14.8 Å². The van der Waals surface area contributed by atoms with Crippen LogP contribution in [-0.2, 0) is 4.74 Å². The number of pyridine rings is 1. The molecule has 10 heteroatoms. The number of imidazole rings is 1. The predicted octanol–water partition coefficient (Wildman–Crippen LogP) is 4.25. The maximum absolute atomic E-state index is 13.3. The van der Waals surface area contributed by atoms with Gasteiger partial charge in [0.05, 0.1) is 50.0 Å². The highest BCUT2D eigenvalue weighted by Gasteiger charge is 2.25. The summed E-state index contributed by atoms with van der Waals surface area (Å²) in [6, 6.07) is 1.48. The second-order valence-electron chi connectivity index (χ2n) is 8.86. The van der Waals surface area contributed by atoms with Gasteiger partial charge in [-0.1, -0.05) is 6.42 Å². The van der Waals surface area contributed by atoms with E-state index in [4.69, 9.17) is 19.2 Å². The number of hydrogen-bond acceptors (Lipinski definition) is 7. The van der Waals surface area contributed by atoms with Crippen LogP contribution >= 0.6 is 0 Å². The molecule has 2 atom stereocenters. The number of aromatic nitrogens is 4. The maximum atomic E-state index is 13.3. The number of hydrogen-bond donors (Lipinski definition) is 1. The zero-order valence-corrected chi connectivity index (χ0v) is 21.6. The van der Waals surface area contributed by atoms with Crippen molar-refractivity contribution in [3.8, 4) is 22.9 Å². The van der Waals surface area contributed by atoms with E-state index in [1.54, 1.807) is 24.4 Å². The van der Waals surface area contributed by atoms with Gasteiger partial charge in [-0.3, -0.25) is 4.98 Å². The van der Waals surface area contributed by atoms with Crippen molar-refractivity contribution in [1.29, 1.82) is 0 Å². The van der Waals surface area contributed by atoms with Crippen molar-refractivity contribution in [2.24, 2.45) is 0 Å². The lowest BCUT2D eigenvalue weighted by Crippen LogP contribution is -2.47. The zero-order valence-electron chi connectivity index (χ0n) is 21.6. The van der Waals surface area contributed by atoms with Crippen LogP contribution in [0.1, 0.15) is 58.2 Å². The normalized spacial score (nSPS) is 19.4. The molecule has 1 N–H and O–H groups in total. The summed E-state index contributed by atoms with van der Waals surface area (Å²) in [4.78, 5) is 29.0. The Labute approximate surface area is 212 Å². The second kappa shape index (κ2) is 12.0. The quantitative estimate of drug-likeness (QED) is 0.563. The highest BCUT2D eigenvalue weighted by molar-refractivity contribution is 5.75. The minimum Gasteiger partial charge on any atom is -0.494 e. The molecule has 0 radical (unpaired) electrons. The number of carbonyl (C=O) groups excluding carboxylic acids is 1. The maximum Gasteiger partial charge on any atom is 0.318 e. The molecule has 1 aliphatic rings. The summed E-state index contributed by atoms with van der Waals surface area (Å²) in [5.41, 5.74) is 2.85. The fraction of sp³-hybridized carbons (Fsp3) is 0.538. The number of carbonyl (C=O) groups is 1. The van der Waals surface area contributed by atoms with Gasteiger partial charge in [-0.15, -0.1) is 0 Å². The zero-order chi connectivity index (χ0) is 25.5. The van der Waals surface area contributed by atoms with Crippen molar-refractivity contribution in [2.45, 2.75) is 58.5 Å². The lowest BCUT2D eigenvalue weighted by Gasteiger charge is -2.30. The Morgan fingerprint density at radius 2 is 2.08 bits per heavy atom. The topological polar surface area (TPSA) is 103 Å². The standard InChI is InChI=1S/C26H36N6O4/c1-5-32-18(3)21-14-20(23(34-4)15-28-21)22-16-31-12-11-27-24(31)25(30-22)36-13-9-7-8-10-19(17-35-6-2)29-26(32)33/h11-12,14-16,18-19H,5-10,13,17H2,1-4H3,(H,29,33)/t18-,19?/m1/s1. The van der Waals surface area contributed by atoms with Gasteiger partial charge in [0.25, 0.3) is 5.88 Å². The van der Waals surface area contributed by atoms with Crippen LogP contribution in [0.4, 0.5) is 4.79 Å². The molecule has 3 aromatic rings. The molecule has 4 rings (SSSR count). The molecule has 0 aliphatic carbocycles. The number of ether oxygens (including phenoxy) is 3. The van der Waals surface area contributed by atoms with Gasteiger partial charge in [0.15, 0.2) is 0 Å². The highest BCUT2D eigenvalue weighted by Crippen LogP contribution is 2.33. The van der Waals surface area contributed by atoms with E-state index in [-0.39, 0.29) is 18.1 Å². The number of nitrogens with zero attached hydrogens (tertiary/aromatic N) is 5. The van der Waals surface area contributed by atoms with Crippen molar-refractivity contribution in [1.82, 2.24) is 29.6 Å². The number of amides is 2. The monoisotopic (exact) mass is 496 g/mol. The third kappa shape index (κ3) is 5.70. The Balaban J connectivity index is 1.75. The van der Waals surface area contributed by atoms with E-state index >= 15 is 0 Å². The Morgan fingerprint density at radius 1 is 1.22 bits per heavy atom. The molecule has 10 nitrogen and oxygen atoms in total. The first-order valence-electron chi connectivity index (χ1n) is 12.7. The lowest BCUT2D eigenvalue weighted by molar-refractivity contribution is 0.114.